The van der Waals surface area contributed by atoms with Gasteiger partial charge in [0, 0.05) is 17.0 Å². The Hall–Kier alpha value is -3.63. The van der Waals surface area contributed by atoms with E-state index in [0.29, 0.717) is 28.1 Å². The van der Waals surface area contributed by atoms with E-state index in [0.717, 1.165) is 27.3 Å². The Morgan fingerprint density at radius 2 is 1.82 bits per heavy atom. The number of ether oxygens (including phenoxy) is 2. The fourth-order valence-electron chi connectivity index (χ4n) is 4.22. The molecule has 204 valence electrons. The summed E-state index contributed by atoms with van der Waals surface area (Å²) < 4.78 is 13.1. The molecule has 0 aliphatic heterocycles. The van der Waals surface area contributed by atoms with Crippen LogP contribution in [-0.2, 0) is 16.1 Å². The molecule has 0 spiro atoms. The van der Waals surface area contributed by atoms with E-state index < -0.39 is 5.97 Å². The van der Waals surface area contributed by atoms with Gasteiger partial charge in [-0.2, -0.15) is 0 Å². The molecule has 4 aromatic rings. The number of thioether (sulfide) groups is 1. The van der Waals surface area contributed by atoms with Crippen LogP contribution in [0.15, 0.2) is 53.7 Å². The Kier molecular flexibility index (Phi) is 9.08. The minimum absolute atomic E-state index is 0.1000. The van der Waals surface area contributed by atoms with E-state index >= 15 is 0 Å². The van der Waals surface area contributed by atoms with Crippen molar-refractivity contribution < 1.29 is 19.1 Å². The van der Waals surface area contributed by atoms with Crippen LogP contribution >= 0.6 is 23.1 Å². The number of rotatable bonds is 10. The molecule has 1 atom stereocenters. The lowest BCUT2D eigenvalue weighted by Gasteiger charge is -2.16. The Morgan fingerprint density at radius 3 is 2.49 bits per heavy atom. The van der Waals surface area contributed by atoms with Crippen LogP contribution in [0.5, 0.6) is 5.75 Å². The van der Waals surface area contributed by atoms with Crippen LogP contribution in [0.1, 0.15) is 52.1 Å². The van der Waals surface area contributed by atoms with Gasteiger partial charge in [-0.1, -0.05) is 48.2 Å². The molecule has 0 aliphatic carbocycles. The third kappa shape index (κ3) is 6.34. The van der Waals surface area contributed by atoms with Gasteiger partial charge in [-0.05, 0) is 63.4 Å². The lowest BCUT2D eigenvalue weighted by Crippen LogP contribution is -2.17. The van der Waals surface area contributed by atoms with Crippen LogP contribution < -0.4 is 10.1 Å². The number of carbonyl (C=O) groups is 2. The van der Waals surface area contributed by atoms with Gasteiger partial charge in [0.2, 0.25) is 5.91 Å². The molecule has 4 rings (SSSR count). The second-order valence-electron chi connectivity index (χ2n) is 9.02. The lowest BCUT2D eigenvalue weighted by atomic mass is 10.0. The third-order valence-electron chi connectivity index (χ3n) is 6.34. The molecule has 2 heterocycles. The summed E-state index contributed by atoms with van der Waals surface area (Å²) in [5, 5.41) is 12.7. The summed E-state index contributed by atoms with van der Waals surface area (Å²) in [5.41, 5.74) is 4.38. The highest BCUT2D eigenvalue weighted by atomic mass is 32.2. The maximum Gasteiger partial charge on any atom is 0.341 e. The predicted octanol–water partition coefficient (Wildman–Crippen LogP) is 6.61. The van der Waals surface area contributed by atoms with Crippen LogP contribution in [0.4, 0.5) is 5.00 Å². The highest BCUT2D eigenvalue weighted by Gasteiger charge is 2.25. The number of hydrogen-bond acceptors (Lipinski definition) is 8. The lowest BCUT2D eigenvalue weighted by molar-refractivity contribution is -0.113. The normalized spacial score (nSPS) is 11.7. The molecule has 0 bridgehead atoms. The van der Waals surface area contributed by atoms with Crippen molar-refractivity contribution in [2.24, 2.45) is 0 Å². The van der Waals surface area contributed by atoms with Crippen molar-refractivity contribution >= 4 is 40.0 Å². The number of anilines is 1. The van der Waals surface area contributed by atoms with Gasteiger partial charge in [-0.25, -0.2) is 4.79 Å². The minimum atomic E-state index is -0.491. The van der Waals surface area contributed by atoms with Gasteiger partial charge >= 0.3 is 5.97 Å². The highest BCUT2D eigenvalue weighted by molar-refractivity contribution is 7.99. The van der Waals surface area contributed by atoms with Crippen molar-refractivity contribution in [3.05, 3.63) is 75.9 Å². The first kappa shape index (κ1) is 28.4. The fraction of sp³-hybridized carbons (Fsp3) is 0.310. The second-order valence-corrected chi connectivity index (χ2v) is 11.2. The van der Waals surface area contributed by atoms with E-state index in [4.69, 9.17) is 9.47 Å². The average molecular weight is 565 g/mol. The molecule has 2 aromatic heterocycles. The molecule has 1 unspecified atom stereocenters. The number of amides is 1. The number of thiophene rings is 1. The number of aromatic nitrogens is 3. The molecule has 0 fully saturated rings. The zero-order chi connectivity index (χ0) is 28.1. The van der Waals surface area contributed by atoms with E-state index in [1.165, 1.54) is 35.8 Å². The molecular formula is C29H32N4O4S2. The Labute approximate surface area is 236 Å². The summed E-state index contributed by atoms with van der Waals surface area (Å²) in [6, 6.07) is 15.6. The minimum Gasteiger partial charge on any atom is -0.483 e. The Balaban J connectivity index is 1.47. The largest absolute Gasteiger partial charge is 0.483 e. The van der Waals surface area contributed by atoms with Gasteiger partial charge in [-0.3, -0.25) is 4.79 Å². The Morgan fingerprint density at radius 1 is 1.08 bits per heavy atom. The van der Waals surface area contributed by atoms with E-state index in [1.807, 2.05) is 73.9 Å². The molecule has 0 saturated heterocycles. The van der Waals surface area contributed by atoms with Crippen LogP contribution in [0.2, 0.25) is 0 Å². The number of esters is 1. The Bertz CT molecular complexity index is 1480. The van der Waals surface area contributed by atoms with Gasteiger partial charge < -0.3 is 19.4 Å². The van der Waals surface area contributed by atoms with Crippen LogP contribution in [-0.4, -0.2) is 39.5 Å². The molecular weight excluding hydrogens is 532 g/mol. The second kappa shape index (κ2) is 12.5. The molecule has 1 amide bonds. The van der Waals surface area contributed by atoms with E-state index in [1.54, 1.807) is 0 Å². The molecule has 10 heteroatoms. The summed E-state index contributed by atoms with van der Waals surface area (Å²) in [7, 11) is 1.34. The molecule has 39 heavy (non-hydrogen) atoms. The van der Waals surface area contributed by atoms with E-state index in [-0.39, 0.29) is 17.8 Å². The molecule has 2 aromatic carbocycles. The maximum absolute atomic E-state index is 13.0. The molecule has 0 saturated carbocycles. The summed E-state index contributed by atoms with van der Waals surface area (Å²) in [4.78, 5) is 26.6. The molecule has 8 nitrogen and oxygen atoms in total. The van der Waals surface area contributed by atoms with E-state index in [9.17, 15) is 9.59 Å². The molecule has 0 aliphatic rings. The first-order chi connectivity index (χ1) is 18.7. The quantitative estimate of drug-likeness (QED) is 0.171. The fourth-order valence-corrected chi connectivity index (χ4v) is 6.11. The third-order valence-corrected chi connectivity index (χ3v) is 8.33. The van der Waals surface area contributed by atoms with Gasteiger partial charge in [0.15, 0.2) is 17.1 Å². The van der Waals surface area contributed by atoms with Crippen molar-refractivity contribution in [3.63, 3.8) is 0 Å². The first-order valence-corrected chi connectivity index (χ1v) is 14.4. The maximum atomic E-state index is 13.0. The molecule has 1 N–H and O–H groups in total. The summed E-state index contributed by atoms with van der Waals surface area (Å²) in [5.74, 6) is 0.815. The van der Waals surface area contributed by atoms with Gasteiger partial charge in [0.25, 0.3) is 0 Å². The number of benzene rings is 2. The van der Waals surface area contributed by atoms with Crippen LogP contribution in [0, 0.1) is 20.8 Å². The summed E-state index contributed by atoms with van der Waals surface area (Å²) >= 11 is 2.64. The van der Waals surface area contributed by atoms with Crippen molar-refractivity contribution in [1.29, 1.82) is 0 Å². The van der Waals surface area contributed by atoms with E-state index in [2.05, 4.69) is 29.4 Å². The summed E-state index contributed by atoms with van der Waals surface area (Å²) in [6.07, 6.45) is -0.323. The van der Waals surface area contributed by atoms with Crippen molar-refractivity contribution in [3.8, 4) is 16.9 Å². The highest BCUT2D eigenvalue weighted by Crippen LogP contribution is 2.40. The summed E-state index contributed by atoms with van der Waals surface area (Å²) in [6.45, 7) is 10.6. The number of methoxy groups -OCH3 is 1. The van der Waals surface area contributed by atoms with Crippen molar-refractivity contribution in [1.82, 2.24) is 14.8 Å². The zero-order valence-electron chi connectivity index (χ0n) is 22.9. The number of aryl methyl sites for hydroxylation is 3. The van der Waals surface area contributed by atoms with Gasteiger partial charge in [-0.15, -0.1) is 21.5 Å². The van der Waals surface area contributed by atoms with Crippen molar-refractivity contribution in [2.75, 3.05) is 18.2 Å². The van der Waals surface area contributed by atoms with Crippen LogP contribution in [0.25, 0.3) is 11.1 Å². The molecule has 0 radical (unpaired) electrons. The standard InChI is InChI=1S/C29H32N4O4S2/c1-7-33-26(19(4)37-22-14-13-17(2)18(3)15-22)31-32-29(33)38-16-23(34)30-27-25(28(35)36-6)24(20(5)39-27)21-11-9-8-10-12-21/h8-15,19H,7,16H2,1-6H3,(H,30,34). The predicted molar refractivity (Wildman–Crippen MR) is 156 cm³/mol. The average Bonchev–Trinajstić information content (AvgIpc) is 3.49. The smallest absolute Gasteiger partial charge is 0.341 e. The monoisotopic (exact) mass is 564 g/mol. The number of nitrogens with one attached hydrogen (secondary N) is 1. The number of nitrogens with zero attached hydrogens (tertiary/aromatic N) is 3. The van der Waals surface area contributed by atoms with Gasteiger partial charge in [0.05, 0.1) is 12.9 Å². The van der Waals surface area contributed by atoms with Gasteiger partial charge in [0.1, 0.15) is 16.3 Å². The first-order valence-electron chi connectivity index (χ1n) is 12.6. The zero-order valence-corrected chi connectivity index (χ0v) is 24.5. The topological polar surface area (TPSA) is 95.3 Å². The van der Waals surface area contributed by atoms with Crippen molar-refractivity contribution in [2.45, 2.75) is 52.4 Å². The number of hydrogen-bond donors (Lipinski definition) is 1. The van der Waals surface area contributed by atoms with Crippen LogP contribution in [0.3, 0.4) is 0 Å². The number of carbonyl (C=O) groups excluding carboxylic acids is 2. The SMILES string of the molecule is CCn1c(SCC(=O)Nc2sc(C)c(-c3ccccc3)c2C(=O)OC)nnc1C(C)Oc1ccc(C)c(C)c1.